The standard InChI is InChI=1S/C16H18N2O4S2.C2HF3O2/c1-22-13-4-2-3-11-5-6-12(18-15(11)13)16(21)17-8-10-24-23-9-7-14(19)20;3-2(4,5)1(6)7/h2-6H,7-10H2,1H3,(H,17,21)(H,19,20);(H,6,7). The van der Waals surface area contributed by atoms with Crippen LogP contribution >= 0.6 is 21.6 Å². The molecule has 1 heterocycles. The molecule has 0 saturated heterocycles. The number of carboxylic acid groups (broad SMARTS) is 2. The summed E-state index contributed by atoms with van der Waals surface area (Å²) >= 11 is 0. The fourth-order valence-electron chi connectivity index (χ4n) is 1.95. The Morgan fingerprint density at radius 3 is 2.32 bits per heavy atom. The van der Waals surface area contributed by atoms with Crippen LogP contribution in [0.2, 0.25) is 0 Å². The predicted molar refractivity (Wildman–Crippen MR) is 111 cm³/mol. The maximum absolute atomic E-state index is 12.2. The summed E-state index contributed by atoms with van der Waals surface area (Å²) in [4.78, 5) is 35.8. The van der Waals surface area contributed by atoms with Gasteiger partial charge in [0.05, 0.1) is 13.5 Å². The van der Waals surface area contributed by atoms with Crippen LogP contribution in [0.5, 0.6) is 5.75 Å². The summed E-state index contributed by atoms with van der Waals surface area (Å²) in [5.74, 6) is -1.90. The van der Waals surface area contributed by atoms with Crippen molar-refractivity contribution in [2.45, 2.75) is 12.6 Å². The maximum atomic E-state index is 12.2. The summed E-state index contributed by atoms with van der Waals surface area (Å²) in [6.07, 6.45) is -4.94. The van der Waals surface area contributed by atoms with Crippen LogP contribution in [0.3, 0.4) is 0 Å². The Hall–Kier alpha value is -2.67. The number of carboxylic acids is 2. The van der Waals surface area contributed by atoms with Crippen molar-refractivity contribution in [3.8, 4) is 5.75 Å². The topological polar surface area (TPSA) is 126 Å². The summed E-state index contributed by atoms with van der Waals surface area (Å²) in [7, 11) is 4.60. The van der Waals surface area contributed by atoms with Crippen molar-refractivity contribution in [2.24, 2.45) is 0 Å². The molecule has 2 rings (SSSR count). The van der Waals surface area contributed by atoms with Gasteiger partial charge in [0.25, 0.3) is 5.91 Å². The van der Waals surface area contributed by atoms with E-state index in [2.05, 4.69) is 10.3 Å². The highest BCUT2D eigenvalue weighted by Crippen LogP contribution is 2.24. The van der Waals surface area contributed by atoms with E-state index in [0.29, 0.717) is 35.0 Å². The van der Waals surface area contributed by atoms with Crippen LogP contribution < -0.4 is 10.1 Å². The van der Waals surface area contributed by atoms with Crippen LogP contribution in [-0.2, 0) is 9.59 Å². The first kappa shape index (κ1) is 26.4. The van der Waals surface area contributed by atoms with E-state index < -0.39 is 18.1 Å². The summed E-state index contributed by atoms with van der Waals surface area (Å²) in [5.41, 5.74) is 1.00. The number of nitrogens with one attached hydrogen (secondary N) is 1. The third-order valence-electron chi connectivity index (χ3n) is 3.33. The number of aliphatic carboxylic acids is 2. The van der Waals surface area contributed by atoms with Crippen molar-refractivity contribution in [1.29, 1.82) is 0 Å². The van der Waals surface area contributed by atoms with Crippen LogP contribution in [-0.4, -0.2) is 64.4 Å². The molecule has 0 spiro atoms. The molecule has 0 atom stereocenters. The number of nitrogens with zero attached hydrogens (tertiary/aromatic N) is 1. The third-order valence-corrected chi connectivity index (χ3v) is 5.74. The molecule has 2 aromatic rings. The average Bonchev–Trinajstić information content (AvgIpc) is 2.71. The molecule has 0 fully saturated rings. The van der Waals surface area contributed by atoms with Gasteiger partial charge in [-0.3, -0.25) is 9.59 Å². The van der Waals surface area contributed by atoms with E-state index in [-0.39, 0.29) is 12.3 Å². The quantitative estimate of drug-likeness (QED) is 0.365. The minimum atomic E-state index is -5.08. The summed E-state index contributed by atoms with van der Waals surface area (Å²) in [6, 6.07) is 9.13. The van der Waals surface area contributed by atoms with Gasteiger partial charge in [0, 0.05) is 23.4 Å². The Morgan fingerprint density at radius 2 is 1.74 bits per heavy atom. The summed E-state index contributed by atoms with van der Waals surface area (Å²) < 4.78 is 37.0. The zero-order chi connectivity index (χ0) is 23.4. The number of benzene rings is 1. The Morgan fingerprint density at radius 1 is 1.10 bits per heavy atom. The normalized spacial score (nSPS) is 10.7. The SMILES string of the molecule is COc1cccc2ccc(C(=O)NCCSSCCC(=O)O)nc12.O=C(O)C(F)(F)F. The van der Waals surface area contributed by atoms with Crippen molar-refractivity contribution in [1.82, 2.24) is 10.3 Å². The van der Waals surface area contributed by atoms with E-state index >= 15 is 0 Å². The number of rotatable bonds is 9. The molecule has 0 radical (unpaired) electrons. The van der Waals surface area contributed by atoms with E-state index in [4.69, 9.17) is 19.7 Å². The van der Waals surface area contributed by atoms with E-state index in [1.165, 1.54) is 21.6 Å². The molecule has 1 aromatic heterocycles. The molecule has 0 unspecified atom stereocenters. The fourth-order valence-corrected chi connectivity index (χ4v) is 3.84. The van der Waals surface area contributed by atoms with Crippen molar-refractivity contribution in [3.63, 3.8) is 0 Å². The van der Waals surface area contributed by atoms with Crippen LogP contribution in [0.4, 0.5) is 13.2 Å². The van der Waals surface area contributed by atoms with Gasteiger partial charge < -0.3 is 20.3 Å². The summed E-state index contributed by atoms with van der Waals surface area (Å²) in [6.45, 7) is 0.495. The number of alkyl halides is 3. The van der Waals surface area contributed by atoms with Gasteiger partial charge in [-0.15, -0.1) is 0 Å². The van der Waals surface area contributed by atoms with Crippen LogP contribution in [0, 0.1) is 0 Å². The first-order chi connectivity index (χ1) is 14.6. The minimum Gasteiger partial charge on any atom is -0.494 e. The number of hydrogen-bond acceptors (Lipinski definition) is 7. The number of halogens is 3. The number of para-hydroxylation sites is 1. The molecular weight excluding hydrogens is 461 g/mol. The predicted octanol–water partition coefficient (Wildman–Crippen LogP) is 3.46. The molecule has 1 amide bonds. The molecular formula is C18H19F3N2O6S2. The largest absolute Gasteiger partial charge is 0.494 e. The van der Waals surface area contributed by atoms with Gasteiger partial charge in [0.2, 0.25) is 0 Å². The second-order valence-electron chi connectivity index (χ2n) is 5.57. The van der Waals surface area contributed by atoms with E-state index in [1.54, 1.807) is 13.2 Å². The molecule has 8 nitrogen and oxygen atoms in total. The van der Waals surface area contributed by atoms with Crippen molar-refractivity contribution in [3.05, 3.63) is 36.0 Å². The van der Waals surface area contributed by atoms with E-state index in [9.17, 15) is 22.8 Å². The molecule has 170 valence electrons. The van der Waals surface area contributed by atoms with Gasteiger partial charge in [0.1, 0.15) is 17.0 Å². The third kappa shape index (κ3) is 9.79. The van der Waals surface area contributed by atoms with Crippen molar-refractivity contribution in [2.75, 3.05) is 25.2 Å². The maximum Gasteiger partial charge on any atom is 0.490 e. The van der Waals surface area contributed by atoms with Gasteiger partial charge in [-0.1, -0.05) is 39.8 Å². The minimum absolute atomic E-state index is 0.146. The van der Waals surface area contributed by atoms with E-state index in [1.807, 2.05) is 24.3 Å². The first-order valence-corrected chi connectivity index (χ1v) is 11.0. The van der Waals surface area contributed by atoms with Gasteiger partial charge in [-0.2, -0.15) is 13.2 Å². The zero-order valence-corrected chi connectivity index (χ0v) is 17.8. The average molecular weight is 480 g/mol. The number of methoxy groups -OCH3 is 1. The highest BCUT2D eigenvalue weighted by Gasteiger charge is 2.38. The molecule has 31 heavy (non-hydrogen) atoms. The van der Waals surface area contributed by atoms with Crippen LogP contribution in [0.25, 0.3) is 10.9 Å². The number of carbonyl (C=O) groups excluding carboxylic acids is 1. The van der Waals surface area contributed by atoms with Crippen molar-refractivity contribution < 1.29 is 42.5 Å². The number of carbonyl (C=O) groups is 3. The number of hydrogen-bond donors (Lipinski definition) is 3. The molecule has 3 N–H and O–H groups in total. The highest BCUT2D eigenvalue weighted by molar-refractivity contribution is 8.76. The molecule has 0 aliphatic carbocycles. The molecule has 0 aliphatic heterocycles. The Bertz CT molecular complexity index is 911. The molecule has 13 heteroatoms. The van der Waals surface area contributed by atoms with Gasteiger partial charge in [-0.05, 0) is 12.1 Å². The number of amides is 1. The first-order valence-electron chi connectivity index (χ1n) is 8.54. The number of aromatic nitrogens is 1. The molecule has 1 aromatic carbocycles. The van der Waals surface area contributed by atoms with Crippen LogP contribution in [0.1, 0.15) is 16.9 Å². The fraction of sp³-hybridized carbons (Fsp3) is 0.333. The zero-order valence-electron chi connectivity index (χ0n) is 16.1. The molecule has 0 aliphatic rings. The van der Waals surface area contributed by atoms with Gasteiger partial charge in [-0.25, -0.2) is 9.78 Å². The number of fused-ring (bicyclic) bond motifs is 1. The smallest absolute Gasteiger partial charge is 0.490 e. The highest BCUT2D eigenvalue weighted by atomic mass is 33.1. The van der Waals surface area contributed by atoms with Crippen molar-refractivity contribution >= 4 is 50.3 Å². The van der Waals surface area contributed by atoms with Gasteiger partial charge >= 0.3 is 18.1 Å². The lowest BCUT2D eigenvalue weighted by Crippen LogP contribution is -2.26. The monoisotopic (exact) mass is 480 g/mol. The molecule has 0 saturated carbocycles. The van der Waals surface area contributed by atoms with Gasteiger partial charge in [0.15, 0.2) is 0 Å². The lowest BCUT2D eigenvalue weighted by atomic mass is 10.2. The van der Waals surface area contributed by atoms with E-state index in [0.717, 1.165) is 5.39 Å². The number of pyridine rings is 1. The Balaban J connectivity index is 0.000000592. The Kier molecular flexibility index (Phi) is 11.0. The van der Waals surface area contributed by atoms with Crippen LogP contribution in [0.15, 0.2) is 30.3 Å². The Labute approximate surface area is 183 Å². The lowest BCUT2D eigenvalue weighted by Gasteiger charge is -2.07. The second-order valence-corrected chi connectivity index (χ2v) is 8.28. The second kappa shape index (κ2) is 12.9. The summed E-state index contributed by atoms with van der Waals surface area (Å²) in [5, 5.41) is 19.4. The molecule has 0 bridgehead atoms. The lowest BCUT2D eigenvalue weighted by molar-refractivity contribution is -0.192. The number of ether oxygens (including phenoxy) is 1.